The number of ketones is 1. The second kappa shape index (κ2) is 11.9. The number of halogens is 1. The van der Waals surface area contributed by atoms with Crippen molar-refractivity contribution in [3.8, 4) is 0 Å². The number of unbranched alkanes of at least 4 members (excludes halogenated alkanes) is 2. The number of esters is 1. The van der Waals surface area contributed by atoms with Gasteiger partial charge >= 0.3 is 5.97 Å². The van der Waals surface area contributed by atoms with Crippen LogP contribution in [-0.2, 0) is 40.1 Å². The molecule has 196 valence electrons. The van der Waals surface area contributed by atoms with Crippen LogP contribution in [0.4, 0.5) is 0 Å². The summed E-state index contributed by atoms with van der Waals surface area (Å²) in [6.45, 7) is 8.41. The first-order valence-corrected chi connectivity index (χ1v) is 13.8. The van der Waals surface area contributed by atoms with Crippen molar-refractivity contribution in [3.63, 3.8) is 0 Å². The Kier molecular flexibility index (Phi) is 9.36. The van der Waals surface area contributed by atoms with Gasteiger partial charge in [-0.05, 0) is 63.3 Å². The number of Topliss-reactive ketones (excluding diaryl/α,β-unsaturated/α-hetero) is 1. The number of nitrogens with zero attached hydrogens (tertiary/aromatic N) is 1. The predicted octanol–water partition coefficient (Wildman–Crippen LogP) is 5.26. The monoisotopic (exact) mass is 533 g/mol. The molecule has 0 fully saturated rings. The van der Waals surface area contributed by atoms with Crippen LogP contribution in [0.3, 0.4) is 0 Å². The average Bonchev–Trinajstić information content (AvgIpc) is 3.10. The molecule has 2 heterocycles. The molecule has 1 aliphatic heterocycles. The first-order valence-electron chi connectivity index (χ1n) is 12.6. The van der Waals surface area contributed by atoms with Crippen LogP contribution < -0.4 is 5.73 Å². The minimum Gasteiger partial charge on any atom is -0.460 e. The van der Waals surface area contributed by atoms with Gasteiger partial charge in [0.15, 0.2) is 0 Å². The third kappa shape index (κ3) is 8.15. The minimum absolute atomic E-state index is 0.0562. The molecule has 1 atom stereocenters. The molecule has 1 amide bonds. The van der Waals surface area contributed by atoms with Crippen LogP contribution in [0.25, 0.3) is 0 Å². The molecule has 2 aromatic rings. The number of carbonyl (C=O) groups excluding carboxylic acids is 3. The molecule has 0 saturated carbocycles. The lowest BCUT2D eigenvalue weighted by Gasteiger charge is -2.37. The molecular formula is C28H38ClN2O4S+. The number of likely N-dealkylation sites (N-methyl/N-ethyl adjacent to an activating group) is 1. The van der Waals surface area contributed by atoms with E-state index in [4.69, 9.17) is 22.1 Å². The van der Waals surface area contributed by atoms with Crippen LogP contribution in [0.15, 0.2) is 24.3 Å². The number of thiophene rings is 1. The molecule has 1 aliphatic rings. The van der Waals surface area contributed by atoms with E-state index in [0.29, 0.717) is 23.4 Å². The van der Waals surface area contributed by atoms with Gasteiger partial charge in [0.2, 0.25) is 5.91 Å². The van der Waals surface area contributed by atoms with Crippen molar-refractivity contribution in [2.24, 2.45) is 5.73 Å². The summed E-state index contributed by atoms with van der Waals surface area (Å²) in [5.74, 6) is -0.526. The smallest absolute Gasteiger partial charge is 0.306 e. The van der Waals surface area contributed by atoms with Crippen LogP contribution in [0.2, 0.25) is 5.02 Å². The van der Waals surface area contributed by atoms with Crippen molar-refractivity contribution in [3.05, 3.63) is 55.7 Å². The predicted molar refractivity (Wildman–Crippen MR) is 144 cm³/mol. The van der Waals surface area contributed by atoms with Crippen LogP contribution in [0, 0.1) is 0 Å². The third-order valence-electron chi connectivity index (χ3n) is 6.51. The van der Waals surface area contributed by atoms with E-state index in [1.165, 1.54) is 4.88 Å². The molecule has 0 radical (unpaired) electrons. The van der Waals surface area contributed by atoms with E-state index in [1.807, 2.05) is 32.9 Å². The normalized spacial score (nSPS) is 17.5. The quantitative estimate of drug-likeness (QED) is 0.242. The van der Waals surface area contributed by atoms with Crippen molar-refractivity contribution >= 4 is 40.6 Å². The van der Waals surface area contributed by atoms with E-state index >= 15 is 0 Å². The largest absolute Gasteiger partial charge is 0.460 e. The number of primary amides is 1. The van der Waals surface area contributed by atoms with Gasteiger partial charge in [-0.15, -0.1) is 11.3 Å². The Morgan fingerprint density at radius 1 is 1.08 bits per heavy atom. The van der Waals surface area contributed by atoms with Gasteiger partial charge in [0, 0.05) is 35.6 Å². The van der Waals surface area contributed by atoms with Gasteiger partial charge in [-0.2, -0.15) is 0 Å². The molecule has 0 aliphatic carbocycles. The second-order valence-corrected chi connectivity index (χ2v) is 12.7. The average molecular weight is 534 g/mol. The van der Waals surface area contributed by atoms with Gasteiger partial charge in [-0.25, -0.2) is 0 Å². The molecule has 8 heteroatoms. The topological polar surface area (TPSA) is 86.5 Å². The standard InChI is InChI=1S/C28H37ClN2O4S/c1-28(2,3)35-25(33)8-6-5-7-14-31(4)15-13-22-24(18-31)36-23(26(22)27(30)34)17-21(32)16-19-9-11-20(29)12-10-19/h9-12H,5-8,13-18H2,1-4H3,(H-,30,34)/p+1. The van der Waals surface area contributed by atoms with Crippen molar-refractivity contribution in [1.29, 1.82) is 0 Å². The highest BCUT2D eigenvalue weighted by atomic mass is 35.5. The van der Waals surface area contributed by atoms with Crippen LogP contribution in [0.5, 0.6) is 0 Å². The van der Waals surface area contributed by atoms with Crippen molar-refractivity contribution in [2.45, 2.75) is 77.9 Å². The van der Waals surface area contributed by atoms with Crippen molar-refractivity contribution in [1.82, 2.24) is 0 Å². The van der Waals surface area contributed by atoms with E-state index < -0.39 is 11.5 Å². The van der Waals surface area contributed by atoms with E-state index in [0.717, 1.165) is 65.8 Å². The molecule has 2 N–H and O–H groups in total. The van der Waals surface area contributed by atoms with Gasteiger partial charge < -0.3 is 15.0 Å². The Labute approximate surface area is 223 Å². The molecule has 1 aromatic heterocycles. The van der Waals surface area contributed by atoms with Crippen LogP contribution >= 0.6 is 22.9 Å². The molecule has 3 rings (SSSR count). The lowest BCUT2D eigenvalue weighted by Crippen LogP contribution is -2.48. The summed E-state index contributed by atoms with van der Waals surface area (Å²) in [5.41, 5.74) is 7.82. The first-order chi connectivity index (χ1) is 16.8. The van der Waals surface area contributed by atoms with Gasteiger partial charge in [0.25, 0.3) is 0 Å². The Balaban J connectivity index is 1.57. The number of amides is 1. The summed E-state index contributed by atoms with van der Waals surface area (Å²) in [6, 6.07) is 7.26. The molecule has 0 saturated heterocycles. The van der Waals surface area contributed by atoms with E-state index in [9.17, 15) is 14.4 Å². The van der Waals surface area contributed by atoms with Crippen LogP contribution in [0.1, 0.15) is 77.7 Å². The zero-order valence-corrected chi connectivity index (χ0v) is 23.4. The zero-order valence-electron chi connectivity index (χ0n) is 21.8. The maximum Gasteiger partial charge on any atom is 0.306 e. The highest BCUT2D eigenvalue weighted by molar-refractivity contribution is 7.12. The summed E-state index contributed by atoms with van der Waals surface area (Å²) in [4.78, 5) is 39.0. The number of nitrogens with two attached hydrogens (primary N) is 1. The minimum atomic E-state index is -0.444. The van der Waals surface area contributed by atoms with E-state index in [2.05, 4.69) is 7.05 Å². The number of benzene rings is 1. The molecule has 1 aromatic carbocycles. The first kappa shape index (κ1) is 28.4. The molecule has 0 spiro atoms. The lowest BCUT2D eigenvalue weighted by atomic mass is 9.97. The van der Waals surface area contributed by atoms with E-state index in [1.54, 1.807) is 23.5 Å². The lowest BCUT2D eigenvalue weighted by molar-refractivity contribution is -0.924. The number of hydrogen-bond acceptors (Lipinski definition) is 5. The third-order valence-corrected chi connectivity index (χ3v) is 7.98. The molecule has 36 heavy (non-hydrogen) atoms. The number of rotatable bonds is 11. The highest BCUT2D eigenvalue weighted by Crippen LogP contribution is 2.36. The van der Waals surface area contributed by atoms with Crippen molar-refractivity contribution in [2.75, 3.05) is 20.1 Å². The van der Waals surface area contributed by atoms with Gasteiger partial charge in [0.1, 0.15) is 17.9 Å². The Bertz CT molecular complexity index is 1100. The molecule has 0 bridgehead atoms. The van der Waals surface area contributed by atoms with E-state index in [-0.39, 0.29) is 18.2 Å². The zero-order chi connectivity index (χ0) is 26.5. The van der Waals surface area contributed by atoms with Crippen LogP contribution in [-0.4, -0.2) is 47.9 Å². The van der Waals surface area contributed by atoms with Crippen molar-refractivity contribution < 1.29 is 23.6 Å². The highest BCUT2D eigenvalue weighted by Gasteiger charge is 2.34. The number of fused-ring (bicyclic) bond motifs is 1. The fourth-order valence-corrected chi connectivity index (χ4v) is 6.46. The number of ether oxygens (including phenoxy) is 1. The molecular weight excluding hydrogens is 496 g/mol. The van der Waals surface area contributed by atoms with Gasteiger partial charge in [0.05, 0.1) is 30.6 Å². The number of carbonyl (C=O) groups is 3. The maximum absolute atomic E-state index is 12.8. The van der Waals surface area contributed by atoms with Gasteiger partial charge in [-0.3, -0.25) is 14.4 Å². The summed E-state index contributed by atoms with van der Waals surface area (Å²) in [7, 11) is 2.24. The second-order valence-electron chi connectivity index (χ2n) is 11.1. The Morgan fingerprint density at radius 3 is 2.42 bits per heavy atom. The summed E-state index contributed by atoms with van der Waals surface area (Å²) in [5, 5.41) is 0.636. The molecule has 6 nitrogen and oxygen atoms in total. The Hall–Kier alpha value is -2.22. The summed E-state index contributed by atoms with van der Waals surface area (Å²) < 4.78 is 6.27. The van der Waals surface area contributed by atoms with Gasteiger partial charge in [-0.1, -0.05) is 23.7 Å². The maximum atomic E-state index is 12.8. The summed E-state index contributed by atoms with van der Waals surface area (Å²) >= 11 is 7.51. The number of quaternary nitrogens is 1. The Morgan fingerprint density at radius 2 is 1.78 bits per heavy atom. The SMILES string of the molecule is CC(C)(C)OC(=O)CCCCC[N+]1(C)CCc2c(sc(CC(=O)Cc3ccc(Cl)cc3)c2C(N)=O)C1. The molecule has 1 unspecified atom stereocenters. The number of hydrogen-bond donors (Lipinski definition) is 1. The fourth-order valence-electron chi connectivity index (χ4n) is 4.77. The summed E-state index contributed by atoms with van der Waals surface area (Å²) in [6.07, 6.45) is 4.57. The fraction of sp³-hybridized carbons (Fsp3) is 0.536.